The van der Waals surface area contributed by atoms with Crippen LogP contribution in [0.1, 0.15) is 32.1 Å². The molecule has 0 aliphatic carbocycles. The van der Waals surface area contributed by atoms with Gasteiger partial charge in [-0.2, -0.15) is 13.2 Å². The van der Waals surface area contributed by atoms with E-state index in [9.17, 15) is 13.2 Å². The number of aliphatic imine (C=N–C) groups is 1. The SMILES string of the molecule is CCNC(=NCC(C)(C)c1cccs1)NCC1CCN(CC(F)(F)F)C1.I. The number of guanidine groups is 1. The van der Waals surface area contributed by atoms with Crippen LogP contribution in [0.15, 0.2) is 22.5 Å². The van der Waals surface area contributed by atoms with Crippen molar-refractivity contribution in [2.75, 3.05) is 39.3 Å². The van der Waals surface area contributed by atoms with Gasteiger partial charge in [-0.3, -0.25) is 9.89 Å². The Labute approximate surface area is 181 Å². The number of thiophene rings is 1. The molecule has 9 heteroatoms. The molecule has 1 saturated heterocycles. The van der Waals surface area contributed by atoms with Gasteiger partial charge in [0.25, 0.3) is 0 Å². The van der Waals surface area contributed by atoms with Gasteiger partial charge in [-0.15, -0.1) is 35.3 Å². The summed E-state index contributed by atoms with van der Waals surface area (Å²) in [7, 11) is 0. The largest absolute Gasteiger partial charge is 0.401 e. The molecule has 1 fully saturated rings. The van der Waals surface area contributed by atoms with Gasteiger partial charge >= 0.3 is 6.18 Å². The summed E-state index contributed by atoms with van der Waals surface area (Å²) >= 11 is 1.73. The van der Waals surface area contributed by atoms with Crippen LogP contribution in [0.4, 0.5) is 13.2 Å². The number of rotatable bonds is 7. The number of alkyl halides is 3. The van der Waals surface area contributed by atoms with Crippen LogP contribution in [0.25, 0.3) is 0 Å². The number of likely N-dealkylation sites (tertiary alicyclic amines) is 1. The molecule has 156 valence electrons. The van der Waals surface area contributed by atoms with Gasteiger partial charge in [0.05, 0.1) is 13.1 Å². The number of nitrogens with one attached hydrogen (secondary N) is 2. The zero-order valence-corrected chi connectivity index (χ0v) is 19.3. The average molecular weight is 518 g/mol. The zero-order valence-electron chi connectivity index (χ0n) is 16.1. The van der Waals surface area contributed by atoms with Crippen LogP contribution in [0, 0.1) is 5.92 Å². The third kappa shape index (κ3) is 8.55. The van der Waals surface area contributed by atoms with Crippen molar-refractivity contribution in [1.82, 2.24) is 15.5 Å². The molecule has 1 aromatic rings. The van der Waals surface area contributed by atoms with Crippen LogP contribution in [0.3, 0.4) is 0 Å². The lowest BCUT2D eigenvalue weighted by Gasteiger charge is -2.22. The van der Waals surface area contributed by atoms with E-state index in [2.05, 4.69) is 40.9 Å². The molecule has 0 spiro atoms. The van der Waals surface area contributed by atoms with Crippen molar-refractivity contribution >= 4 is 41.3 Å². The van der Waals surface area contributed by atoms with Crippen molar-refractivity contribution in [1.29, 1.82) is 0 Å². The summed E-state index contributed by atoms with van der Waals surface area (Å²) in [5.74, 6) is 0.943. The number of nitrogens with zero attached hydrogens (tertiary/aromatic N) is 2. The van der Waals surface area contributed by atoms with Crippen LogP contribution >= 0.6 is 35.3 Å². The molecule has 0 bridgehead atoms. The molecule has 4 nitrogen and oxygen atoms in total. The van der Waals surface area contributed by atoms with Crippen LogP contribution in [0.2, 0.25) is 0 Å². The first-order chi connectivity index (χ1) is 12.2. The number of halogens is 4. The van der Waals surface area contributed by atoms with Gasteiger partial charge in [0, 0.05) is 29.9 Å². The van der Waals surface area contributed by atoms with Gasteiger partial charge < -0.3 is 10.6 Å². The Bertz CT molecular complexity index is 576. The van der Waals surface area contributed by atoms with Gasteiger partial charge in [0.1, 0.15) is 0 Å². The van der Waals surface area contributed by atoms with E-state index >= 15 is 0 Å². The van der Waals surface area contributed by atoms with Crippen LogP contribution < -0.4 is 10.6 Å². The first kappa shape index (κ1) is 24.5. The van der Waals surface area contributed by atoms with Gasteiger partial charge in [-0.05, 0) is 37.3 Å². The second-order valence-corrected chi connectivity index (χ2v) is 8.39. The summed E-state index contributed by atoms with van der Waals surface area (Å²) < 4.78 is 37.5. The minimum atomic E-state index is -4.12. The highest BCUT2D eigenvalue weighted by molar-refractivity contribution is 14.0. The highest BCUT2D eigenvalue weighted by Gasteiger charge is 2.34. The maximum absolute atomic E-state index is 12.5. The van der Waals surface area contributed by atoms with Crippen molar-refractivity contribution in [3.05, 3.63) is 22.4 Å². The van der Waals surface area contributed by atoms with E-state index in [1.165, 1.54) is 9.78 Å². The Hall–Kier alpha value is -0.550. The van der Waals surface area contributed by atoms with Crippen molar-refractivity contribution in [3.63, 3.8) is 0 Å². The topological polar surface area (TPSA) is 39.7 Å². The number of hydrogen-bond acceptors (Lipinski definition) is 3. The van der Waals surface area contributed by atoms with Crippen molar-refractivity contribution in [3.8, 4) is 0 Å². The van der Waals surface area contributed by atoms with E-state index in [4.69, 9.17) is 0 Å². The molecule has 1 aliphatic heterocycles. The highest BCUT2D eigenvalue weighted by Crippen LogP contribution is 2.27. The molecule has 2 N–H and O–H groups in total. The standard InChI is InChI=1S/C18H29F3N4S.HI/c1-4-22-16(24-12-17(2,3)15-6-5-9-26-15)23-10-14-7-8-25(11-14)13-18(19,20)21;/h5-6,9,14H,4,7-8,10-13H2,1-3H3,(H2,22,23,24);1H. The lowest BCUT2D eigenvalue weighted by molar-refractivity contribution is -0.143. The van der Waals surface area contributed by atoms with Gasteiger partial charge in [0.15, 0.2) is 5.96 Å². The molecule has 0 saturated carbocycles. The smallest absolute Gasteiger partial charge is 0.357 e. The summed E-state index contributed by atoms with van der Waals surface area (Å²) in [5, 5.41) is 8.59. The Kier molecular flexibility index (Phi) is 9.84. The Morgan fingerprint density at radius 3 is 2.67 bits per heavy atom. The Morgan fingerprint density at radius 1 is 1.33 bits per heavy atom. The van der Waals surface area contributed by atoms with E-state index in [1.807, 2.05) is 13.0 Å². The van der Waals surface area contributed by atoms with Crippen molar-refractivity contribution in [2.24, 2.45) is 10.9 Å². The third-order valence-electron chi connectivity index (χ3n) is 4.50. The van der Waals surface area contributed by atoms with Gasteiger partial charge in [0.2, 0.25) is 0 Å². The number of hydrogen-bond donors (Lipinski definition) is 2. The predicted octanol–water partition coefficient (Wildman–Crippen LogP) is 4.08. The normalized spacial score (nSPS) is 19.0. The fraction of sp³-hybridized carbons (Fsp3) is 0.722. The average Bonchev–Trinajstić information content (AvgIpc) is 3.20. The van der Waals surface area contributed by atoms with Gasteiger partial charge in [-0.1, -0.05) is 19.9 Å². The third-order valence-corrected chi connectivity index (χ3v) is 5.73. The molecule has 1 atom stereocenters. The van der Waals surface area contributed by atoms with E-state index in [0.717, 1.165) is 18.9 Å². The van der Waals surface area contributed by atoms with Crippen LogP contribution in [0.5, 0.6) is 0 Å². The van der Waals surface area contributed by atoms with E-state index in [-0.39, 0.29) is 35.3 Å². The minimum Gasteiger partial charge on any atom is -0.357 e. The van der Waals surface area contributed by atoms with Gasteiger partial charge in [-0.25, -0.2) is 0 Å². The molecular formula is C18H30F3IN4S. The molecule has 2 heterocycles. The van der Waals surface area contributed by atoms with Crippen LogP contribution in [-0.4, -0.2) is 56.3 Å². The predicted molar refractivity (Wildman–Crippen MR) is 117 cm³/mol. The summed E-state index contributed by atoms with van der Waals surface area (Å²) in [5.41, 5.74) is -0.0482. The molecule has 1 aromatic heterocycles. The Morgan fingerprint density at radius 2 is 2.07 bits per heavy atom. The second kappa shape index (κ2) is 10.8. The molecule has 27 heavy (non-hydrogen) atoms. The fourth-order valence-electron chi connectivity index (χ4n) is 3.08. The summed E-state index contributed by atoms with van der Waals surface area (Å²) in [6.45, 7) is 8.53. The Balaban J connectivity index is 0.00000364. The molecule has 2 rings (SSSR count). The fourth-order valence-corrected chi connectivity index (χ4v) is 3.92. The molecule has 1 unspecified atom stereocenters. The van der Waals surface area contributed by atoms with Crippen molar-refractivity contribution in [2.45, 2.75) is 38.8 Å². The highest BCUT2D eigenvalue weighted by atomic mass is 127. The van der Waals surface area contributed by atoms with E-state index < -0.39 is 12.7 Å². The molecule has 0 radical (unpaired) electrons. The minimum absolute atomic E-state index is 0. The second-order valence-electron chi connectivity index (χ2n) is 7.44. The molecule has 0 aromatic carbocycles. The summed E-state index contributed by atoms with van der Waals surface area (Å²) in [6.07, 6.45) is -3.34. The lowest BCUT2D eigenvalue weighted by Crippen LogP contribution is -2.41. The molecule has 0 amide bonds. The zero-order chi connectivity index (χ0) is 19.2. The van der Waals surface area contributed by atoms with E-state index in [1.54, 1.807) is 11.3 Å². The van der Waals surface area contributed by atoms with Crippen molar-refractivity contribution < 1.29 is 13.2 Å². The summed E-state index contributed by atoms with van der Waals surface area (Å²) in [6, 6.07) is 4.16. The monoisotopic (exact) mass is 518 g/mol. The first-order valence-corrected chi connectivity index (χ1v) is 9.93. The first-order valence-electron chi connectivity index (χ1n) is 9.05. The van der Waals surface area contributed by atoms with E-state index in [0.29, 0.717) is 26.2 Å². The molecule has 1 aliphatic rings. The molecular weight excluding hydrogens is 488 g/mol. The quantitative estimate of drug-likeness (QED) is 0.325. The summed E-state index contributed by atoms with van der Waals surface area (Å²) in [4.78, 5) is 7.46. The maximum Gasteiger partial charge on any atom is 0.401 e. The van der Waals surface area contributed by atoms with Crippen LogP contribution in [-0.2, 0) is 5.41 Å². The maximum atomic E-state index is 12.5. The lowest BCUT2D eigenvalue weighted by atomic mass is 9.92.